The van der Waals surface area contributed by atoms with Crippen LogP contribution in [-0.4, -0.2) is 43.3 Å². The van der Waals surface area contributed by atoms with Gasteiger partial charge in [0.25, 0.3) is 0 Å². The molecule has 29 heavy (non-hydrogen) atoms. The first-order chi connectivity index (χ1) is 14.3. The second-order valence-corrected chi connectivity index (χ2v) is 8.21. The smallest absolute Gasteiger partial charge is 0.190 e. The van der Waals surface area contributed by atoms with Gasteiger partial charge in [-0.1, -0.05) is 0 Å². The van der Waals surface area contributed by atoms with Gasteiger partial charge in [0.1, 0.15) is 11.4 Å². The van der Waals surface area contributed by atoms with Crippen LogP contribution in [-0.2, 0) is 16.0 Å². The molecule has 0 radical (unpaired) electrons. The molecular weight excluding hydrogens is 388 g/mol. The fraction of sp³-hybridized carbons (Fsp3) is 0.500. The lowest BCUT2D eigenvalue weighted by atomic mass is 9.89. The summed E-state index contributed by atoms with van der Waals surface area (Å²) in [6, 6.07) is 0.316. The van der Waals surface area contributed by atoms with E-state index in [1.165, 1.54) is 0 Å². The van der Waals surface area contributed by atoms with Gasteiger partial charge in [-0.05, 0) is 19.8 Å². The maximum atomic E-state index is 5.92. The second-order valence-electron chi connectivity index (χ2n) is 7.37. The van der Waals surface area contributed by atoms with Crippen molar-refractivity contribution in [3.05, 3.63) is 41.2 Å². The monoisotopic (exact) mass is 412 g/mol. The molecule has 0 atom stereocenters. The van der Waals surface area contributed by atoms with Gasteiger partial charge < -0.3 is 14.0 Å². The first kappa shape index (κ1) is 18.7. The van der Waals surface area contributed by atoms with Crippen molar-refractivity contribution >= 4 is 17.0 Å². The minimum Gasteiger partial charge on any atom is -0.348 e. The second kappa shape index (κ2) is 7.81. The molecule has 4 heterocycles. The zero-order chi connectivity index (χ0) is 19.7. The average molecular weight is 413 g/mol. The molecule has 3 aromatic rings. The first-order valence-corrected chi connectivity index (χ1v) is 11.0. The lowest BCUT2D eigenvalue weighted by Crippen LogP contribution is -2.37. The number of ether oxygens (including phenoxy) is 2. The summed E-state index contributed by atoms with van der Waals surface area (Å²) in [7, 11) is 0. The van der Waals surface area contributed by atoms with E-state index in [1.807, 2.05) is 23.3 Å². The predicted octanol–water partition coefficient (Wildman–Crippen LogP) is 3.31. The number of rotatable bonds is 4. The minimum atomic E-state index is -0.376. The van der Waals surface area contributed by atoms with Gasteiger partial charge in [0.2, 0.25) is 0 Å². The van der Waals surface area contributed by atoms with Crippen LogP contribution in [0.5, 0.6) is 0 Å². The van der Waals surface area contributed by atoms with E-state index < -0.39 is 0 Å². The Morgan fingerprint density at radius 2 is 2.03 bits per heavy atom. The highest BCUT2D eigenvalue weighted by atomic mass is 32.1. The van der Waals surface area contributed by atoms with E-state index in [1.54, 1.807) is 23.7 Å². The molecule has 1 aliphatic carbocycles. The Morgan fingerprint density at radius 1 is 1.21 bits per heavy atom. The summed E-state index contributed by atoms with van der Waals surface area (Å²) in [4.78, 5) is 14.6. The molecule has 5 rings (SSSR count). The van der Waals surface area contributed by atoms with Crippen LogP contribution in [0.2, 0.25) is 0 Å². The van der Waals surface area contributed by atoms with E-state index in [0.717, 1.165) is 54.1 Å². The van der Waals surface area contributed by atoms with Gasteiger partial charge in [-0.3, -0.25) is 14.6 Å². The highest BCUT2D eigenvalue weighted by Gasteiger charge is 2.41. The topological polar surface area (TPSA) is 79.4 Å². The van der Waals surface area contributed by atoms with Crippen LogP contribution in [0.1, 0.15) is 38.6 Å². The number of thiazole rings is 1. The summed E-state index contributed by atoms with van der Waals surface area (Å²) in [5.41, 5.74) is 2.78. The zero-order valence-corrected chi connectivity index (χ0v) is 17.2. The number of aryl methyl sites for hydroxylation is 1. The highest BCUT2D eigenvalue weighted by molar-refractivity contribution is 7.07. The van der Waals surface area contributed by atoms with Gasteiger partial charge in [-0.2, -0.15) is 5.10 Å². The standard InChI is InChI=1S/C20H24N6O2S/c1-2-25-13-15(11-23-25)24-19-26(18(14-29-19)17-12-21-7-8-22-17)16-3-5-20(6-4-16)27-9-10-28-20/h7-8,11-14,16H,2-6,9-10H2,1H3. The van der Waals surface area contributed by atoms with Crippen LogP contribution in [0.25, 0.3) is 11.4 Å². The molecular formula is C20H24N6O2S. The van der Waals surface area contributed by atoms with Crippen LogP contribution >= 0.6 is 11.3 Å². The summed E-state index contributed by atoms with van der Waals surface area (Å²) in [6.45, 7) is 4.29. The van der Waals surface area contributed by atoms with Gasteiger partial charge in [0.05, 0.1) is 37.5 Å². The van der Waals surface area contributed by atoms with E-state index in [0.29, 0.717) is 19.3 Å². The largest absolute Gasteiger partial charge is 0.348 e. The summed E-state index contributed by atoms with van der Waals surface area (Å²) in [5, 5.41) is 6.47. The molecule has 1 saturated heterocycles. The van der Waals surface area contributed by atoms with E-state index in [-0.39, 0.29) is 5.79 Å². The fourth-order valence-corrected chi connectivity index (χ4v) is 5.12. The van der Waals surface area contributed by atoms with Crippen LogP contribution in [0.4, 0.5) is 5.69 Å². The van der Waals surface area contributed by atoms with Crippen molar-refractivity contribution in [3.63, 3.8) is 0 Å². The van der Waals surface area contributed by atoms with Crippen molar-refractivity contribution in [2.24, 2.45) is 4.99 Å². The molecule has 0 bridgehead atoms. The maximum absolute atomic E-state index is 5.92. The van der Waals surface area contributed by atoms with Crippen LogP contribution in [0, 0.1) is 0 Å². The quantitative estimate of drug-likeness (QED) is 0.657. The van der Waals surface area contributed by atoms with Gasteiger partial charge >= 0.3 is 0 Å². The Balaban J connectivity index is 1.53. The number of hydrogen-bond donors (Lipinski definition) is 0. The number of aromatic nitrogens is 5. The van der Waals surface area contributed by atoms with Crippen LogP contribution < -0.4 is 4.80 Å². The molecule has 1 aliphatic heterocycles. The Morgan fingerprint density at radius 3 is 2.72 bits per heavy atom. The van der Waals surface area contributed by atoms with E-state index in [2.05, 4.69) is 31.9 Å². The molecule has 3 aromatic heterocycles. The maximum Gasteiger partial charge on any atom is 0.190 e. The summed E-state index contributed by atoms with van der Waals surface area (Å²) < 4.78 is 16.0. The Hall–Kier alpha value is -2.36. The number of nitrogens with zero attached hydrogens (tertiary/aromatic N) is 6. The van der Waals surface area contributed by atoms with E-state index in [9.17, 15) is 0 Å². The number of hydrogen-bond acceptors (Lipinski definition) is 7. The Kier molecular flexibility index (Phi) is 5.03. The van der Waals surface area contributed by atoms with E-state index in [4.69, 9.17) is 14.5 Å². The summed E-state index contributed by atoms with van der Waals surface area (Å²) in [6.07, 6.45) is 12.8. The Labute approximate surface area is 172 Å². The average Bonchev–Trinajstić information content (AvgIpc) is 3.50. The molecule has 0 amide bonds. The van der Waals surface area contributed by atoms with Crippen molar-refractivity contribution in [2.75, 3.05) is 13.2 Å². The van der Waals surface area contributed by atoms with Crippen LogP contribution in [0.3, 0.4) is 0 Å². The van der Waals surface area contributed by atoms with Crippen molar-refractivity contribution in [3.8, 4) is 11.4 Å². The lowest BCUT2D eigenvalue weighted by Gasteiger charge is -2.36. The summed E-state index contributed by atoms with van der Waals surface area (Å²) in [5.74, 6) is -0.376. The third kappa shape index (κ3) is 3.65. The molecule has 0 aromatic carbocycles. The highest BCUT2D eigenvalue weighted by Crippen LogP contribution is 2.41. The SMILES string of the molecule is CCn1cc(N=c2scc(-c3cnccn3)n2C2CCC3(CC2)OCCO3)cn1. The molecule has 0 unspecified atom stereocenters. The van der Waals surface area contributed by atoms with E-state index >= 15 is 0 Å². The molecule has 152 valence electrons. The molecule has 1 spiro atoms. The normalized spacial score (nSPS) is 20.0. The van der Waals surface area contributed by atoms with Gasteiger partial charge in [-0.25, -0.2) is 4.99 Å². The molecule has 8 nitrogen and oxygen atoms in total. The molecule has 2 fully saturated rings. The third-order valence-corrected chi connectivity index (χ3v) is 6.47. The predicted molar refractivity (Wildman–Crippen MR) is 109 cm³/mol. The van der Waals surface area contributed by atoms with Crippen LogP contribution in [0.15, 0.2) is 41.4 Å². The van der Waals surface area contributed by atoms with Gasteiger partial charge in [0.15, 0.2) is 10.6 Å². The molecule has 0 N–H and O–H groups in total. The van der Waals surface area contributed by atoms with Crippen molar-refractivity contribution in [1.82, 2.24) is 24.3 Å². The third-order valence-electron chi connectivity index (χ3n) is 5.63. The van der Waals surface area contributed by atoms with Crippen molar-refractivity contribution < 1.29 is 9.47 Å². The van der Waals surface area contributed by atoms with Crippen molar-refractivity contribution in [2.45, 2.75) is 51.0 Å². The summed E-state index contributed by atoms with van der Waals surface area (Å²) >= 11 is 1.63. The van der Waals surface area contributed by atoms with Crippen molar-refractivity contribution in [1.29, 1.82) is 0 Å². The first-order valence-electron chi connectivity index (χ1n) is 10.1. The van der Waals surface area contributed by atoms with Gasteiger partial charge in [-0.15, -0.1) is 11.3 Å². The molecule has 9 heteroatoms. The Bertz CT molecular complexity index is 1020. The zero-order valence-electron chi connectivity index (χ0n) is 16.4. The van der Waals surface area contributed by atoms with Gasteiger partial charge in [0, 0.05) is 43.2 Å². The molecule has 2 aliphatic rings. The minimum absolute atomic E-state index is 0.316. The fourth-order valence-electron chi connectivity index (χ4n) is 4.15. The molecule has 1 saturated carbocycles. The lowest BCUT2D eigenvalue weighted by molar-refractivity contribution is -0.181.